The molecular weight excluding hydrogens is 472 g/mol. The Balaban J connectivity index is 1.15. The molecule has 0 amide bonds. The van der Waals surface area contributed by atoms with Crippen LogP contribution in [-0.4, -0.2) is 41.8 Å². The highest BCUT2D eigenvalue weighted by molar-refractivity contribution is 6.33. The van der Waals surface area contributed by atoms with E-state index >= 15 is 0 Å². The van der Waals surface area contributed by atoms with E-state index in [-0.39, 0.29) is 0 Å². The predicted octanol–water partition coefficient (Wildman–Crippen LogP) is 6.07. The number of hydrogen-bond acceptors (Lipinski definition) is 7. The normalized spacial score (nSPS) is 17.9. The van der Waals surface area contributed by atoms with Crippen LogP contribution in [0.15, 0.2) is 53.1 Å². The third kappa shape index (κ3) is 5.32. The highest BCUT2D eigenvalue weighted by Gasteiger charge is 2.23. The summed E-state index contributed by atoms with van der Waals surface area (Å²) in [4.78, 5) is 11.6. The molecule has 0 unspecified atom stereocenters. The zero-order valence-corrected chi connectivity index (χ0v) is 21.8. The summed E-state index contributed by atoms with van der Waals surface area (Å²) < 4.78 is 5.50. The van der Waals surface area contributed by atoms with Crippen LogP contribution in [0.3, 0.4) is 0 Å². The van der Waals surface area contributed by atoms with Crippen molar-refractivity contribution >= 4 is 34.3 Å². The maximum absolute atomic E-state index is 6.40. The van der Waals surface area contributed by atoms with Gasteiger partial charge in [0.1, 0.15) is 17.3 Å². The number of halogens is 1. The van der Waals surface area contributed by atoms with Crippen molar-refractivity contribution in [2.75, 3.05) is 30.9 Å². The second-order valence-electron chi connectivity index (χ2n) is 9.82. The van der Waals surface area contributed by atoms with Crippen LogP contribution in [0, 0.1) is 12.8 Å². The van der Waals surface area contributed by atoms with Crippen molar-refractivity contribution in [2.24, 2.45) is 5.92 Å². The zero-order valence-electron chi connectivity index (χ0n) is 21.1. The van der Waals surface area contributed by atoms with Crippen molar-refractivity contribution in [3.8, 4) is 11.3 Å². The van der Waals surface area contributed by atoms with E-state index < -0.39 is 0 Å². The molecule has 1 fully saturated rings. The van der Waals surface area contributed by atoms with E-state index in [2.05, 4.69) is 21.9 Å². The van der Waals surface area contributed by atoms with Crippen LogP contribution in [0.5, 0.6) is 0 Å². The molecule has 1 aliphatic rings. The van der Waals surface area contributed by atoms with Gasteiger partial charge in [-0.15, -0.1) is 0 Å². The Morgan fingerprint density at radius 1 is 1.00 bits per heavy atom. The molecule has 1 aliphatic carbocycles. The Morgan fingerprint density at radius 2 is 1.75 bits per heavy atom. The Morgan fingerprint density at radius 3 is 2.53 bits per heavy atom. The largest absolute Gasteiger partial charge is 0.362 e. The zero-order chi connectivity index (χ0) is 25.1. The summed E-state index contributed by atoms with van der Waals surface area (Å²) in [5.41, 5.74) is 3.78. The number of benzene rings is 2. The van der Waals surface area contributed by atoms with Gasteiger partial charge in [-0.1, -0.05) is 47.1 Å². The Hall–Kier alpha value is -3.16. The number of nitrogens with one attached hydrogen (secondary N) is 2. The first-order valence-electron chi connectivity index (χ1n) is 12.6. The average Bonchev–Trinajstić information content (AvgIpc) is 3.24. The number of para-hydroxylation sites is 1. The summed E-state index contributed by atoms with van der Waals surface area (Å²) in [5.74, 6) is 3.13. The van der Waals surface area contributed by atoms with Crippen LogP contribution < -0.4 is 15.5 Å². The number of hydrogen-bond donors (Lipinski definition) is 2. The van der Waals surface area contributed by atoms with Gasteiger partial charge in [0, 0.05) is 43.2 Å². The minimum atomic E-state index is 0.393. The summed E-state index contributed by atoms with van der Waals surface area (Å²) in [6.07, 6.45) is 4.55. The van der Waals surface area contributed by atoms with Crippen molar-refractivity contribution < 1.29 is 4.52 Å². The molecule has 1 saturated carbocycles. The third-order valence-corrected chi connectivity index (χ3v) is 7.36. The second kappa shape index (κ2) is 10.8. The van der Waals surface area contributed by atoms with Crippen molar-refractivity contribution in [3.63, 3.8) is 0 Å². The van der Waals surface area contributed by atoms with Crippen LogP contribution in [-0.2, 0) is 6.54 Å². The lowest BCUT2D eigenvalue weighted by molar-refractivity contribution is 0.323. The van der Waals surface area contributed by atoms with E-state index in [9.17, 15) is 0 Å². The van der Waals surface area contributed by atoms with E-state index in [1.807, 2.05) is 68.4 Å². The molecule has 0 spiro atoms. The summed E-state index contributed by atoms with van der Waals surface area (Å²) in [7, 11) is 4.05. The monoisotopic (exact) mass is 504 g/mol. The standard InChI is InChI=1S/C28H33ClN6O/c1-18-23(26(34-36-18)21-8-4-6-10-24(21)29)17-30-16-19-12-14-20(15-13-19)31-28-32-25-11-7-5-9-22(25)27(33-28)35(2)3/h4-11,19-20,30H,12-17H2,1-3H3,(H,31,32,33)/t19-,20+. The number of fused-ring (bicyclic) bond motifs is 1. The van der Waals surface area contributed by atoms with Crippen LogP contribution in [0.25, 0.3) is 22.2 Å². The van der Waals surface area contributed by atoms with Gasteiger partial charge in [0.25, 0.3) is 0 Å². The van der Waals surface area contributed by atoms with Gasteiger partial charge in [0.15, 0.2) is 0 Å². The van der Waals surface area contributed by atoms with Gasteiger partial charge in [-0.25, -0.2) is 4.98 Å². The number of aromatic nitrogens is 3. The highest BCUT2D eigenvalue weighted by atomic mass is 35.5. The Labute approximate surface area is 217 Å². The minimum absolute atomic E-state index is 0.393. The van der Waals surface area contributed by atoms with Crippen LogP contribution in [0.4, 0.5) is 11.8 Å². The molecule has 0 atom stereocenters. The molecule has 2 N–H and O–H groups in total. The highest BCUT2D eigenvalue weighted by Crippen LogP contribution is 2.32. The Bertz CT molecular complexity index is 1330. The van der Waals surface area contributed by atoms with Crippen molar-refractivity contribution in [2.45, 2.75) is 45.2 Å². The van der Waals surface area contributed by atoms with Crippen molar-refractivity contribution in [1.82, 2.24) is 20.4 Å². The number of aryl methyl sites for hydroxylation is 1. The van der Waals surface area contributed by atoms with Gasteiger partial charge in [-0.05, 0) is 63.3 Å². The molecule has 7 nitrogen and oxygen atoms in total. The average molecular weight is 505 g/mol. The fraction of sp³-hybridized carbons (Fsp3) is 0.393. The first-order valence-corrected chi connectivity index (χ1v) is 13.0. The molecule has 0 saturated heterocycles. The van der Waals surface area contributed by atoms with E-state index in [0.717, 1.165) is 58.7 Å². The summed E-state index contributed by atoms with van der Waals surface area (Å²) >= 11 is 6.40. The third-order valence-electron chi connectivity index (χ3n) is 7.04. The van der Waals surface area contributed by atoms with Crippen molar-refractivity contribution in [3.05, 3.63) is 64.9 Å². The maximum Gasteiger partial charge on any atom is 0.225 e. The number of anilines is 2. The molecule has 2 aromatic heterocycles. The molecule has 2 heterocycles. The first kappa shape index (κ1) is 24.5. The molecule has 5 rings (SSSR count). The first-order chi connectivity index (χ1) is 17.5. The number of rotatable bonds is 8. The van der Waals surface area contributed by atoms with Gasteiger partial charge in [-0.3, -0.25) is 0 Å². The lowest BCUT2D eigenvalue weighted by atomic mass is 9.86. The summed E-state index contributed by atoms with van der Waals surface area (Å²) in [6, 6.07) is 16.3. The van der Waals surface area contributed by atoms with Crippen molar-refractivity contribution in [1.29, 1.82) is 0 Å². The molecule has 188 valence electrons. The summed E-state index contributed by atoms with van der Waals surface area (Å²) in [6.45, 7) is 3.64. The lowest BCUT2D eigenvalue weighted by Gasteiger charge is -2.29. The predicted molar refractivity (Wildman–Crippen MR) is 147 cm³/mol. The van der Waals surface area contributed by atoms with E-state index in [0.29, 0.717) is 29.5 Å². The van der Waals surface area contributed by atoms with Gasteiger partial charge >= 0.3 is 0 Å². The van der Waals surface area contributed by atoms with Gasteiger partial charge < -0.3 is 20.1 Å². The molecule has 0 radical (unpaired) electrons. The van der Waals surface area contributed by atoms with Crippen LogP contribution in [0.1, 0.15) is 37.0 Å². The second-order valence-corrected chi connectivity index (χ2v) is 10.2. The van der Waals surface area contributed by atoms with E-state index in [1.165, 1.54) is 12.8 Å². The van der Waals surface area contributed by atoms with E-state index in [4.69, 9.17) is 26.1 Å². The topological polar surface area (TPSA) is 79.1 Å². The quantitative estimate of drug-likeness (QED) is 0.301. The number of nitrogens with zero attached hydrogens (tertiary/aromatic N) is 4. The smallest absolute Gasteiger partial charge is 0.225 e. The molecule has 2 aromatic carbocycles. The van der Waals surface area contributed by atoms with Gasteiger partial charge in [-0.2, -0.15) is 4.98 Å². The van der Waals surface area contributed by atoms with Crippen LogP contribution >= 0.6 is 11.6 Å². The molecule has 0 aliphatic heterocycles. The fourth-order valence-corrected chi connectivity index (χ4v) is 5.25. The van der Waals surface area contributed by atoms with Gasteiger partial charge in [0.2, 0.25) is 5.95 Å². The lowest BCUT2D eigenvalue weighted by Crippen LogP contribution is -2.31. The fourth-order valence-electron chi connectivity index (χ4n) is 5.02. The molecule has 4 aromatic rings. The maximum atomic E-state index is 6.40. The molecule has 36 heavy (non-hydrogen) atoms. The minimum Gasteiger partial charge on any atom is -0.362 e. The van der Waals surface area contributed by atoms with Crippen LogP contribution in [0.2, 0.25) is 5.02 Å². The molecule has 0 bridgehead atoms. The Kier molecular flexibility index (Phi) is 7.39. The summed E-state index contributed by atoms with van der Waals surface area (Å²) in [5, 5.41) is 13.3. The van der Waals surface area contributed by atoms with Gasteiger partial charge in [0.05, 0.1) is 10.5 Å². The molecular formula is C28H33ClN6O. The molecule has 8 heteroatoms. The SMILES string of the molecule is Cc1onc(-c2ccccc2Cl)c1CNC[C@H]1CC[C@@H](Nc2nc(N(C)C)c3ccccc3n2)CC1. The van der Waals surface area contributed by atoms with E-state index in [1.54, 1.807) is 0 Å².